The van der Waals surface area contributed by atoms with Gasteiger partial charge in [0.05, 0.1) is 0 Å². The number of carbonyl (C=O) groups is 3. The number of allylic oxidation sites excluding steroid dienone is 18. The lowest BCUT2D eigenvalue weighted by Crippen LogP contribution is -2.30. The molecule has 0 amide bonds. The van der Waals surface area contributed by atoms with E-state index in [4.69, 9.17) is 14.2 Å². The molecule has 0 aromatic carbocycles. The highest BCUT2D eigenvalue weighted by Gasteiger charge is 2.19. The summed E-state index contributed by atoms with van der Waals surface area (Å²) in [7, 11) is 0. The van der Waals surface area contributed by atoms with Gasteiger partial charge in [-0.15, -0.1) is 0 Å². The Morgan fingerprint density at radius 3 is 0.838 bits per heavy atom. The van der Waals surface area contributed by atoms with Crippen LogP contribution in [0.15, 0.2) is 109 Å². The quantitative estimate of drug-likeness (QED) is 0.0261. The van der Waals surface area contributed by atoms with Crippen molar-refractivity contribution < 1.29 is 28.6 Å². The summed E-state index contributed by atoms with van der Waals surface area (Å²) in [5.74, 6) is -0.917. The van der Waals surface area contributed by atoms with Crippen LogP contribution in [0.4, 0.5) is 0 Å². The fourth-order valence-electron chi connectivity index (χ4n) is 8.46. The van der Waals surface area contributed by atoms with Crippen molar-refractivity contribution in [2.45, 2.75) is 290 Å². The predicted octanol–water partition coefficient (Wildman–Crippen LogP) is 21.0. The molecule has 1 atom stereocenters. The molecule has 0 rings (SSSR count). The first-order valence-corrected chi connectivity index (χ1v) is 30.9. The van der Waals surface area contributed by atoms with Crippen LogP contribution in [0.1, 0.15) is 284 Å². The van der Waals surface area contributed by atoms with Crippen molar-refractivity contribution in [1.82, 2.24) is 0 Å². The predicted molar refractivity (Wildman–Crippen MR) is 320 cm³/mol. The van der Waals surface area contributed by atoms with Gasteiger partial charge < -0.3 is 14.2 Å². The van der Waals surface area contributed by atoms with E-state index in [9.17, 15) is 14.4 Å². The molecule has 0 aromatic heterocycles. The van der Waals surface area contributed by atoms with Crippen LogP contribution in [0.5, 0.6) is 0 Å². The van der Waals surface area contributed by atoms with E-state index in [0.717, 1.165) is 122 Å². The molecule has 1 unspecified atom stereocenters. The molecule has 0 radical (unpaired) electrons. The van der Waals surface area contributed by atoms with Crippen molar-refractivity contribution in [3.05, 3.63) is 109 Å². The zero-order chi connectivity index (χ0) is 53.6. The molecule has 6 heteroatoms. The number of hydrogen-bond donors (Lipinski definition) is 0. The number of rotatable bonds is 55. The summed E-state index contributed by atoms with van der Waals surface area (Å²) in [5.41, 5.74) is 0. The summed E-state index contributed by atoms with van der Waals surface area (Å²) in [5, 5.41) is 0. The first-order chi connectivity index (χ1) is 36.5. The third kappa shape index (κ3) is 59.0. The number of ether oxygens (including phenoxy) is 3. The van der Waals surface area contributed by atoms with Crippen molar-refractivity contribution in [1.29, 1.82) is 0 Å². The van der Waals surface area contributed by atoms with Crippen LogP contribution >= 0.6 is 0 Å². The fourth-order valence-corrected chi connectivity index (χ4v) is 8.46. The highest BCUT2D eigenvalue weighted by molar-refractivity contribution is 5.71. The maximum absolute atomic E-state index is 12.8. The highest BCUT2D eigenvalue weighted by atomic mass is 16.6. The van der Waals surface area contributed by atoms with Gasteiger partial charge in [-0.2, -0.15) is 0 Å². The van der Waals surface area contributed by atoms with Crippen LogP contribution in [0, 0.1) is 0 Å². The summed E-state index contributed by atoms with van der Waals surface area (Å²) in [6, 6.07) is 0. The normalized spacial score (nSPS) is 12.9. The standard InChI is InChI=1S/C68H114O6/c1-4-7-10-13-16-19-21-23-24-25-26-27-28-29-30-31-32-33-34-35-36-37-38-39-40-41-42-43-44-46-47-49-52-55-58-61-67(70)73-64-65(63-72-66(69)60-57-54-51-18-15-12-9-6-3)74-68(71)62-59-56-53-50-48-45-22-20-17-14-11-8-5-2/h7-8,10-11,16-17,19-20,23-24,26-27,29-30,32-33,45,48,65H,4-6,9,12-15,18,21-22,25,28,31,34-44,46-47,49-64H2,1-3H3/b10-7-,11-8-,19-16-,20-17-,24-23-,27-26-,30-29-,33-32-,48-45-. The summed E-state index contributed by atoms with van der Waals surface area (Å²) < 4.78 is 16.8. The zero-order valence-corrected chi connectivity index (χ0v) is 48.3. The Morgan fingerprint density at radius 1 is 0.284 bits per heavy atom. The summed E-state index contributed by atoms with van der Waals surface area (Å²) in [6.45, 7) is 6.36. The van der Waals surface area contributed by atoms with Gasteiger partial charge in [-0.25, -0.2) is 0 Å². The lowest BCUT2D eigenvalue weighted by molar-refractivity contribution is -0.167. The number of esters is 3. The molecule has 0 saturated heterocycles. The van der Waals surface area contributed by atoms with Crippen LogP contribution < -0.4 is 0 Å². The number of carbonyl (C=O) groups excluding carboxylic acids is 3. The Balaban J connectivity index is 4.03. The molecule has 0 spiro atoms. The van der Waals surface area contributed by atoms with Gasteiger partial charge in [0, 0.05) is 19.3 Å². The van der Waals surface area contributed by atoms with Crippen molar-refractivity contribution >= 4 is 17.9 Å². The molecule has 0 aliphatic rings. The minimum absolute atomic E-state index is 0.0870. The second-order valence-corrected chi connectivity index (χ2v) is 20.2. The highest BCUT2D eigenvalue weighted by Crippen LogP contribution is 2.16. The molecule has 0 fully saturated rings. The Kier molecular flexibility index (Phi) is 58.3. The van der Waals surface area contributed by atoms with Crippen molar-refractivity contribution in [3.63, 3.8) is 0 Å². The van der Waals surface area contributed by atoms with Gasteiger partial charge in [0.1, 0.15) is 13.2 Å². The van der Waals surface area contributed by atoms with E-state index in [0.29, 0.717) is 19.3 Å². The molecular weight excluding hydrogens is 913 g/mol. The van der Waals surface area contributed by atoms with Gasteiger partial charge in [-0.1, -0.05) is 271 Å². The van der Waals surface area contributed by atoms with Crippen molar-refractivity contribution in [2.24, 2.45) is 0 Å². The third-order valence-corrected chi connectivity index (χ3v) is 13.0. The second kappa shape index (κ2) is 61.6. The van der Waals surface area contributed by atoms with Crippen LogP contribution in [0.25, 0.3) is 0 Å². The minimum atomic E-state index is -0.789. The molecule has 0 aliphatic carbocycles. The maximum Gasteiger partial charge on any atom is 0.306 e. The Morgan fingerprint density at radius 2 is 0.527 bits per heavy atom. The van der Waals surface area contributed by atoms with Crippen molar-refractivity contribution in [3.8, 4) is 0 Å². The molecule has 74 heavy (non-hydrogen) atoms. The van der Waals surface area contributed by atoms with Crippen molar-refractivity contribution in [2.75, 3.05) is 13.2 Å². The van der Waals surface area contributed by atoms with Gasteiger partial charge in [0.2, 0.25) is 0 Å². The van der Waals surface area contributed by atoms with Crippen LogP contribution in [0.2, 0.25) is 0 Å². The van der Waals surface area contributed by atoms with E-state index in [1.807, 2.05) is 0 Å². The molecular formula is C68H114O6. The molecule has 0 aromatic rings. The molecule has 0 N–H and O–H groups in total. The van der Waals surface area contributed by atoms with E-state index in [1.54, 1.807) is 0 Å². The van der Waals surface area contributed by atoms with E-state index >= 15 is 0 Å². The van der Waals surface area contributed by atoms with Crippen LogP contribution in [0.3, 0.4) is 0 Å². The number of hydrogen-bond acceptors (Lipinski definition) is 6. The molecule has 422 valence electrons. The molecule has 0 aliphatic heterocycles. The van der Waals surface area contributed by atoms with Crippen LogP contribution in [-0.2, 0) is 28.6 Å². The largest absolute Gasteiger partial charge is 0.462 e. The maximum atomic E-state index is 12.8. The average Bonchev–Trinajstić information content (AvgIpc) is 3.40. The fraction of sp³-hybridized carbons (Fsp3) is 0.691. The smallest absolute Gasteiger partial charge is 0.306 e. The molecule has 0 saturated carbocycles. The summed E-state index contributed by atoms with van der Waals surface area (Å²) in [6.07, 6.45) is 84.2. The third-order valence-electron chi connectivity index (χ3n) is 13.0. The first kappa shape index (κ1) is 70.1. The zero-order valence-electron chi connectivity index (χ0n) is 48.3. The molecule has 6 nitrogen and oxygen atoms in total. The van der Waals surface area contributed by atoms with Gasteiger partial charge in [-0.3, -0.25) is 14.4 Å². The Hall–Kier alpha value is -3.93. The van der Waals surface area contributed by atoms with Gasteiger partial charge >= 0.3 is 17.9 Å². The lowest BCUT2D eigenvalue weighted by atomic mass is 10.0. The number of unbranched alkanes of at least 4 members (excludes halogenated alkanes) is 26. The second-order valence-electron chi connectivity index (χ2n) is 20.2. The monoisotopic (exact) mass is 1030 g/mol. The van der Waals surface area contributed by atoms with E-state index in [-0.39, 0.29) is 31.1 Å². The lowest BCUT2D eigenvalue weighted by Gasteiger charge is -2.18. The van der Waals surface area contributed by atoms with E-state index in [1.165, 1.54) is 122 Å². The van der Waals surface area contributed by atoms with Gasteiger partial charge in [0.25, 0.3) is 0 Å². The van der Waals surface area contributed by atoms with Gasteiger partial charge in [-0.05, 0) is 103 Å². The minimum Gasteiger partial charge on any atom is -0.462 e. The topological polar surface area (TPSA) is 78.9 Å². The SMILES string of the molecule is CC/C=C\C/C=C\C/C=C\C/C=C\C/C=C\C/C=C\CCCCCCCCCCCCCCCCCCC(=O)OCC(COC(=O)CCCCCCCCCC)OC(=O)CCCCC/C=C\C/C=C\C/C=C\CC. The van der Waals surface area contributed by atoms with Crippen LogP contribution in [-0.4, -0.2) is 37.2 Å². The average molecular weight is 1030 g/mol. The van der Waals surface area contributed by atoms with Gasteiger partial charge in [0.15, 0.2) is 6.10 Å². The van der Waals surface area contributed by atoms with E-state index < -0.39 is 6.10 Å². The summed E-state index contributed by atoms with van der Waals surface area (Å²) in [4.78, 5) is 38.0. The molecule has 0 bridgehead atoms. The Labute approximate surface area is 457 Å². The first-order valence-electron chi connectivity index (χ1n) is 30.9. The Bertz CT molecular complexity index is 1510. The van der Waals surface area contributed by atoms with E-state index in [2.05, 4.69) is 130 Å². The molecule has 0 heterocycles. The summed E-state index contributed by atoms with van der Waals surface area (Å²) >= 11 is 0.